The number of carbonyl (C=O) groups excluding carboxylic acids is 1. The molecule has 1 aliphatic carbocycles. The lowest BCUT2D eigenvalue weighted by molar-refractivity contribution is -0.124. The van der Waals surface area contributed by atoms with Gasteiger partial charge in [-0.2, -0.15) is 0 Å². The quantitative estimate of drug-likeness (QED) is 0.755. The van der Waals surface area contributed by atoms with E-state index in [4.69, 9.17) is 11.6 Å². The minimum atomic E-state index is -0.0727. The van der Waals surface area contributed by atoms with Gasteiger partial charge in [0.1, 0.15) is 0 Å². The predicted octanol–water partition coefficient (Wildman–Crippen LogP) is 3.97. The highest BCUT2D eigenvalue weighted by molar-refractivity contribution is 6.19. The maximum absolute atomic E-state index is 11.8. The molecule has 1 atom stereocenters. The van der Waals surface area contributed by atoms with Crippen LogP contribution in [0.1, 0.15) is 59.8 Å². The lowest BCUT2D eigenvalue weighted by atomic mass is 9.69. The SMILES string of the molecule is CCC(C)(C)C1CCC(NC(=O)C(C)CCl)CC1. The van der Waals surface area contributed by atoms with Gasteiger partial charge in [-0.25, -0.2) is 0 Å². The van der Waals surface area contributed by atoms with Crippen molar-refractivity contribution in [2.24, 2.45) is 17.3 Å². The molecule has 0 aromatic rings. The summed E-state index contributed by atoms with van der Waals surface area (Å²) in [7, 11) is 0. The summed E-state index contributed by atoms with van der Waals surface area (Å²) >= 11 is 5.71. The van der Waals surface area contributed by atoms with E-state index in [9.17, 15) is 4.79 Å². The highest BCUT2D eigenvalue weighted by atomic mass is 35.5. The molecule has 1 fully saturated rings. The second-order valence-corrected chi connectivity index (χ2v) is 6.76. The van der Waals surface area contributed by atoms with Gasteiger partial charge < -0.3 is 5.32 Å². The molecule has 18 heavy (non-hydrogen) atoms. The Labute approximate surface area is 117 Å². The number of hydrogen-bond donors (Lipinski definition) is 1. The van der Waals surface area contributed by atoms with E-state index in [1.165, 1.54) is 19.3 Å². The average Bonchev–Trinajstić information content (AvgIpc) is 2.38. The van der Waals surface area contributed by atoms with Crippen LogP contribution in [0.15, 0.2) is 0 Å². The van der Waals surface area contributed by atoms with Crippen molar-refractivity contribution in [2.45, 2.75) is 65.8 Å². The molecule has 0 aliphatic heterocycles. The van der Waals surface area contributed by atoms with E-state index in [0.29, 0.717) is 17.3 Å². The van der Waals surface area contributed by atoms with Crippen LogP contribution in [0.25, 0.3) is 0 Å². The fourth-order valence-electron chi connectivity index (χ4n) is 2.72. The van der Waals surface area contributed by atoms with Crippen molar-refractivity contribution in [3.8, 4) is 0 Å². The van der Waals surface area contributed by atoms with Crippen molar-refractivity contribution in [2.75, 3.05) is 5.88 Å². The molecule has 1 saturated carbocycles. The smallest absolute Gasteiger partial charge is 0.224 e. The molecule has 2 nitrogen and oxygen atoms in total. The molecule has 0 aromatic carbocycles. The Hall–Kier alpha value is -0.240. The van der Waals surface area contributed by atoms with Crippen LogP contribution in [0.2, 0.25) is 0 Å². The van der Waals surface area contributed by atoms with Crippen LogP contribution in [0.4, 0.5) is 0 Å². The van der Waals surface area contributed by atoms with Crippen molar-refractivity contribution < 1.29 is 4.79 Å². The number of rotatable bonds is 5. The fraction of sp³-hybridized carbons (Fsp3) is 0.933. The molecule has 0 bridgehead atoms. The zero-order valence-electron chi connectivity index (χ0n) is 12.3. The van der Waals surface area contributed by atoms with Crippen molar-refractivity contribution >= 4 is 17.5 Å². The summed E-state index contributed by atoms with van der Waals surface area (Å²) in [4.78, 5) is 11.8. The third kappa shape index (κ3) is 4.15. The second kappa shape index (κ2) is 6.79. The summed E-state index contributed by atoms with van der Waals surface area (Å²) in [5.41, 5.74) is 0.443. The molecule has 0 radical (unpaired) electrons. The van der Waals surface area contributed by atoms with E-state index in [1.54, 1.807) is 0 Å². The van der Waals surface area contributed by atoms with E-state index in [1.807, 2.05) is 6.92 Å². The number of alkyl halides is 1. The number of halogens is 1. The first kappa shape index (κ1) is 15.8. The Bertz CT molecular complexity index is 270. The molecule has 1 N–H and O–H groups in total. The Morgan fingerprint density at radius 1 is 1.33 bits per heavy atom. The molecular weight excluding hydrogens is 246 g/mol. The lowest BCUT2D eigenvalue weighted by Crippen LogP contribution is -2.42. The lowest BCUT2D eigenvalue weighted by Gasteiger charge is -2.39. The minimum absolute atomic E-state index is 0.0727. The van der Waals surface area contributed by atoms with Crippen molar-refractivity contribution in [3.63, 3.8) is 0 Å². The molecule has 0 aromatic heterocycles. The molecule has 106 valence electrons. The van der Waals surface area contributed by atoms with Gasteiger partial charge >= 0.3 is 0 Å². The minimum Gasteiger partial charge on any atom is -0.353 e. The van der Waals surface area contributed by atoms with Gasteiger partial charge in [0.25, 0.3) is 0 Å². The van der Waals surface area contributed by atoms with E-state index in [0.717, 1.165) is 18.8 Å². The van der Waals surface area contributed by atoms with E-state index >= 15 is 0 Å². The van der Waals surface area contributed by atoms with Gasteiger partial charge in [0.05, 0.1) is 0 Å². The van der Waals surface area contributed by atoms with Crippen LogP contribution in [-0.2, 0) is 4.79 Å². The topological polar surface area (TPSA) is 29.1 Å². The van der Waals surface area contributed by atoms with Gasteiger partial charge in [-0.05, 0) is 37.0 Å². The van der Waals surface area contributed by atoms with Crippen molar-refractivity contribution in [1.29, 1.82) is 0 Å². The zero-order chi connectivity index (χ0) is 13.8. The first-order valence-electron chi connectivity index (χ1n) is 7.27. The molecule has 0 saturated heterocycles. The van der Waals surface area contributed by atoms with Gasteiger partial charge in [-0.3, -0.25) is 4.79 Å². The third-order valence-corrected chi connectivity index (χ3v) is 5.23. The predicted molar refractivity (Wildman–Crippen MR) is 77.8 cm³/mol. The second-order valence-electron chi connectivity index (χ2n) is 6.45. The molecule has 3 heteroatoms. The standard InChI is InChI=1S/C15H28ClNO/c1-5-15(3,4)12-6-8-13(9-7-12)17-14(18)11(2)10-16/h11-13H,5-10H2,1-4H3,(H,17,18). The third-order valence-electron chi connectivity index (χ3n) is 4.77. The highest BCUT2D eigenvalue weighted by Gasteiger charge is 2.32. The number of hydrogen-bond acceptors (Lipinski definition) is 1. The van der Waals surface area contributed by atoms with E-state index in [2.05, 4.69) is 26.1 Å². The molecule has 1 aliphatic rings. The summed E-state index contributed by atoms with van der Waals surface area (Å²) < 4.78 is 0. The fourth-order valence-corrected chi connectivity index (χ4v) is 2.86. The molecular formula is C15H28ClNO. The molecule has 0 heterocycles. The van der Waals surface area contributed by atoms with E-state index < -0.39 is 0 Å². The van der Waals surface area contributed by atoms with Crippen LogP contribution in [0.5, 0.6) is 0 Å². The first-order valence-corrected chi connectivity index (χ1v) is 7.80. The number of amides is 1. The maximum atomic E-state index is 11.8. The molecule has 1 amide bonds. The van der Waals surface area contributed by atoms with Crippen molar-refractivity contribution in [1.82, 2.24) is 5.32 Å². The van der Waals surface area contributed by atoms with Crippen molar-refractivity contribution in [3.05, 3.63) is 0 Å². The zero-order valence-corrected chi connectivity index (χ0v) is 13.0. The number of nitrogens with one attached hydrogen (secondary N) is 1. The Morgan fingerprint density at radius 3 is 2.33 bits per heavy atom. The van der Waals surface area contributed by atoms with Gasteiger partial charge in [0.15, 0.2) is 0 Å². The van der Waals surface area contributed by atoms with Gasteiger partial charge in [-0.15, -0.1) is 11.6 Å². The van der Waals surface area contributed by atoms with E-state index in [-0.39, 0.29) is 11.8 Å². The summed E-state index contributed by atoms with van der Waals surface area (Å²) in [5, 5.41) is 3.14. The monoisotopic (exact) mass is 273 g/mol. The summed E-state index contributed by atoms with van der Waals surface area (Å²) in [6.45, 7) is 8.89. The highest BCUT2D eigenvalue weighted by Crippen LogP contribution is 2.40. The van der Waals surface area contributed by atoms with Gasteiger partial charge in [0.2, 0.25) is 5.91 Å². The molecule has 1 unspecified atom stereocenters. The maximum Gasteiger partial charge on any atom is 0.224 e. The molecule has 1 rings (SSSR count). The van der Waals surface area contributed by atoms with Crippen LogP contribution in [0, 0.1) is 17.3 Å². The summed E-state index contributed by atoms with van der Waals surface area (Å²) in [6, 6.07) is 0.368. The van der Waals surface area contributed by atoms with Crippen LogP contribution in [-0.4, -0.2) is 17.8 Å². The van der Waals surface area contributed by atoms with Crippen LogP contribution >= 0.6 is 11.6 Å². The Balaban J connectivity index is 2.38. The average molecular weight is 274 g/mol. The van der Waals surface area contributed by atoms with Crippen LogP contribution < -0.4 is 5.32 Å². The Morgan fingerprint density at radius 2 is 1.89 bits per heavy atom. The first-order chi connectivity index (χ1) is 8.40. The largest absolute Gasteiger partial charge is 0.353 e. The Kier molecular flexibility index (Phi) is 5.97. The molecule has 0 spiro atoms. The summed E-state index contributed by atoms with van der Waals surface area (Å²) in [5.74, 6) is 1.25. The van der Waals surface area contributed by atoms with Gasteiger partial charge in [0, 0.05) is 17.8 Å². The summed E-state index contributed by atoms with van der Waals surface area (Å²) in [6.07, 6.45) is 5.95. The number of carbonyl (C=O) groups is 1. The normalized spacial score (nSPS) is 26.7. The van der Waals surface area contributed by atoms with Gasteiger partial charge in [-0.1, -0.05) is 34.1 Å². The van der Waals surface area contributed by atoms with Crippen LogP contribution in [0.3, 0.4) is 0 Å².